The van der Waals surface area contributed by atoms with Crippen molar-refractivity contribution in [2.24, 2.45) is 0 Å². The van der Waals surface area contributed by atoms with Crippen LogP contribution in [0.15, 0.2) is 30.3 Å². The zero-order chi connectivity index (χ0) is 15.0. The number of carbonyl (C=O) groups excluding carboxylic acids is 2. The quantitative estimate of drug-likeness (QED) is 0.820. The van der Waals surface area contributed by atoms with Crippen LogP contribution in [0.3, 0.4) is 0 Å². The molecule has 5 heteroatoms. The van der Waals surface area contributed by atoms with Gasteiger partial charge in [-0.1, -0.05) is 30.3 Å². The van der Waals surface area contributed by atoms with Gasteiger partial charge < -0.3 is 14.8 Å². The Bertz CT molecular complexity index is 428. The van der Waals surface area contributed by atoms with Gasteiger partial charge in [0.2, 0.25) is 0 Å². The fourth-order valence-corrected chi connectivity index (χ4v) is 2.41. The maximum Gasteiger partial charge on any atom is 0.408 e. The minimum absolute atomic E-state index is 0.525. The maximum atomic E-state index is 11.6. The predicted octanol–water partition coefficient (Wildman–Crippen LogP) is 3.01. The summed E-state index contributed by atoms with van der Waals surface area (Å²) in [7, 11) is 0. The molecular weight excluding hydrogens is 274 g/mol. The summed E-state index contributed by atoms with van der Waals surface area (Å²) in [5.74, 6) is 1.33. The summed E-state index contributed by atoms with van der Waals surface area (Å²) in [5, 5.41) is 2.56. The first kappa shape index (κ1) is 16.6. The van der Waals surface area contributed by atoms with E-state index in [4.69, 9.17) is 4.74 Å². The third kappa shape index (κ3) is 7.19. The lowest BCUT2D eigenvalue weighted by Crippen LogP contribution is -2.41. The molecular formula is C15H21NO3S. The fourth-order valence-electron chi connectivity index (χ4n) is 1.45. The van der Waals surface area contributed by atoms with Gasteiger partial charge in [-0.05, 0) is 26.3 Å². The lowest BCUT2D eigenvalue weighted by atomic mass is 10.2. The third-order valence-corrected chi connectivity index (χ3v) is 3.41. The molecule has 0 bridgehead atoms. The molecule has 0 unspecified atom stereocenters. The first-order valence-corrected chi connectivity index (χ1v) is 7.62. The van der Waals surface area contributed by atoms with Gasteiger partial charge >= 0.3 is 6.09 Å². The molecule has 1 atom stereocenters. The van der Waals surface area contributed by atoms with Crippen LogP contribution in [0, 0.1) is 0 Å². The largest absolute Gasteiger partial charge is 0.444 e. The predicted molar refractivity (Wildman–Crippen MR) is 81.8 cm³/mol. The van der Waals surface area contributed by atoms with Gasteiger partial charge in [0, 0.05) is 11.5 Å². The highest BCUT2D eigenvalue weighted by atomic mass is 32.2. The molecule has 1 amide bonds. The second kappa shape index (κ2) is 7.94. The first-order valence-electron chi connectivity index (χ1n) is 6.47. The van der Waals surface area contributed by atoms with Crippen molar-refractivity contribution in [2.75, 3.05) is 5.75 Å². The molecule has 1 rings (SSSR count). The molecule has 20 heavy (non-hydrogen) atoms. The Morgan fingerprint density at radius 2 is 2.00 bits per heavy atom. The van der Waals surface area contributed by atoms with Gasteiger partial charge in [0.1, 0.15) is 11.9 Å². The van der Waals surface area contributed by atoms with Gasteiger partial charge in [-0.3, -0.25) is 0 Å². The number of hydrogen-bond acceptors (Lipinski definition) is 4. The summed E-state index contributed by atoms with van der Waals surface area (Å²) in [6.07, 6.45) is 0.178. The van der Waals surface area contributed by atoms with E-state index in [-0.39, 0.29) is 0 Å². The Kier molecular flexibility index (Phi) is 6.58. The lowest BCUT2D eigenvalue weighted by Gasteiger charge is -2.21. The van der Waals surface area contributed by atoms with E-state index in [1.165, 1.54) is 5.56 Å². The van der Waals surface area contributed by atoms with E-state index in [9.17, 15) is 9.59 Å². The number of nitrogens with one attached hydrogen (secondary N) is 1. The van der Waals surface area contributed by atoms with Crippen LogP contribution in [0.2, 0.25) is 0 Å². The standard InChI is InChI=1S/C15H21NO3S/c1-15(2,3)19-14(18)16-13(9-17)11-20-10-12-7-5-4-6-8-12/h4-9,13H,10-11H2,1-3H3,(H,16,18)/t13-/m1/s1. The zero-order valence-corrected chi connectivity index (χ0v) is 12.9. The van der Waals surface area contributed by atoms with Crippen LogP contribution in [0.25, 0.3) is 0 Å². The first-order chi connectivity index (χ1) is 9.40. The molecule has 1 N–H and O–H groups in total. The monoisotopic (exact) mass is 295 g/mol. The highest BCUT2D eigenvalue weighted by Crippen LogP contribution is 2.13. The minimum Gasteiger partial charge on any atom is -0.444 e. The normalized spacial score (nSPS) is 12.6. The van der Waals surface area contributed by atoms with Crippen LogP contribution in [0.4, 0.5) is 4.79 Å². The van der Waals surface area contributed by atoms with Gasteiger partial charge in [0.05, 0.1) is 6.04 Å². The molecule has 1 aromatic carbocycles. The van der Waals surface area contributed by atoms with Crippen molar-refractivity contribution in [1.29, 1.82) is 0 Å². The minimum atomic E-state index is -0.561. The number of amides is 1. The Balaban J connectivity index is 2.33. The molecule has 4 nitrogen and oxygen atoms in total. The number of aldehydes is 1. The van der Waals surface area contributed by atoms with Gasteiger partial charge in [0.15, 0.2) is 0 Å². The van der Waals surface area contributed by atoms with Gasteiger partial charge in [-0.15, -0.1) is 0 Å². The molecule has 0 saturated heterocycles. The summed E-state index contributed by atoms with van der Waals surface area (Å²) < 4.78 is 5.12. The molecule has 0 saturated carbocycles. The molecule has 0 aliphatic rings. The fraction of sp³-hybridized carbons (Fsp3) is 0.467. The number of thioether (sulfide) groups is 1. The van der Waals surface area contributed by atoms with Crippen LogP contribution in [0.5, 0.6) is 0 Å². The van der Waals surface area contributed by atoms with Crippen molar-refractivity contribution in [1.82, 2.24) is 5.32 Å². The zero-order valence-electron chi connectivity index (χ0n) is 12.1. The van der Waals surface area contributed by atoms with Crippen molar-refractivity contribution in [2.45, 2.75) is 38.2 Å². The molecule has 0 fully saturated rings. The summed E-state index contributed by atoms with van der Waals surface area (Å²) in [6.45, 7) is 5.35. The summed E-state index contributed by atoms with van der Waals surface area (Å²) in [4.78, 5) is 22.5. The smallest absolute Gasteiger partial charge is 0.408 e. The van der Waals surface area contributed by atoms with Gasteiger partial charge in [-0.2, -0.15) is 11.8 Å². The van der Waals surface area contributed by atoms with Crippen LogP contribution in [0.1, 0.15) is 26.3 Å². The highest BCUT2D eigenvalue weighted by molar-refractivity contribution is 7.98. The van der Waals surface area contributed by atoms with Crippen molar-refractivity contribution >= 4 is 24.1 Å². The number of benzene rings is 1. The van der Waals surface area contributed by atoms with E-state index < -0.39 is 17.7 Å². The van der Waals surface area contributed by atoms with Crippen LogP contribution in [-0.4, -0.2) is 29.8 Å². The highest BCUT2D eigenvalue weighted by Gasteiger charge is 2.19. The van der Waals surface area contributed by atoms with E-state index in [1.807, 2.05) is 30.3 Å². The number of rotatable bonds is 6. The molecule has 0 aliphatic heterocycles. The van der Waals surface area contributed by atoms with Gasteiger partial charge in [-0.25, -0.2) is 4.79 Å². The average Bonchev–Trinajstić information content (AvgIpc) is 2.36. The van der Waals surface area contributed by atoms with E-state index in [2.05, 4.69) is 5.32 Å². The van der Waals surface area contributed by atoms with Crippen LogP contribution < -0.4 is 5.32 Å². The van der Waals surface area contributed by atoms with E-state index in [0.29, 0.717) is 5.75 Å². The second-order valence-corrected chi connectivity index (χ2v) is 6.42. The lowest BCUT2D eigenvalue weighted by molar-refractivity contribution is -0.109. The third-order valence-electron chi connectivity index (χ3n) is 2.28. The van der Waals surface area contributed by atoms with Crippen molar-refractivity contribution in [3.05, 3.63) is 35.9 Å². The van der Waals surface area contributed by atoms with Crippen molar-refractivity contribution in [3.63, 3.8) is 0 Å². The van der Waals surface area contributed by atoms with E-state index in [0.717, 1.165) is 12.0 Å². The molecule has 0 aromatic heterocycles. The summed E-state index contributed by atoms with van der Waals surface area (Å²) in [6, 6.07) is 9.46. The number of hydrogen-bond donors (Lipinski definition) is 1. The maximum absolute atomic E-state index is 11.6. The Hall–Kier alpha value is -1.49. The molecule has 110 valence electrons. The van der Waals surface area contributed by atoms with Crippen molar-refractivity contribution < 1.29 is 14.3 Å². The molecule has 0 spiro atoms. The molecule has 0 heterocycles. The van der Waals surface area contributed by atoms with Gasteiger partial charge in [0.25, 0.3) is 0 Å². The molecule has 1 aromatic rings. The Morgan fingerprint density at radius 3 is 2.55 bits per heavy atom. The topological polar surface area (TPSA) is 55.4 Å². The molecule has 0 radical (unpaired) electrons. The number of ether oxygens (including phenoxy) is 1. The molecule has 0 aliphatic carbocycles. The SMILES string of the molecule is CC(C)(C)OC(=O)N[C@H](C=O)CSCc1ccccc1. The summed E-state index contributed by atoms with van der Waals surface area (Å²) >= 11 is 1.60. The number of carbonyl (C=O) groups is 2. The van der Waals surface area contributed by atoms with E-state index in [1.54, 1.807) is 32.5 Å². The summed E-state index contributed by atoms with van der Waals surface area (Å²) in [5.41, 5.74) is 0.633. The van der Waals surface area contributed by atoms with E-state index >= 15 is 0 Å². The Morgan fingerprint density at radius 1 is 1.35 bits per heavy atom. The van der Waals surface area contributed by atoms with Crippen LogP contribution >= 0.6 is 11.8 Å². The Labute approximate surface area is 124 Å². The van der Waals surface area contributed by atoms with Crippen molar-refractivity contribution in [3.8, 4) is 0 Å². The van der Waals surface area contributed by atoms with Crippen LogP contribution in [-0.2, 0) is 15.3 Å². The average molecular weight is 295 g/mol. The second-order valence-electron chi connectivity index (χ2n) is 5.39. The number of alkyl carbamates (subject to hydrolysis) is 1.